The Morgan fingerprint density at radius 1 is 1.19 bits per heavy atom. The molecule has 1 unspecified atom stereocenters. The number of hydrogen-bond donors (Lipinski definition) is 2. The summed E-state index contributed by atoms with van der Waals surface area (Å²) in [5, 5.41) is 15.5. The molecule has 8 nitrogen and oxygen atoms in total. The van der Waals surface area contributed by atoms with Gasteiger partial charge >= 0.3 is 0 Å². The first-order chi connectivity index (χ1) is 15.6. The van der Waals surface area contributed by atoms with E-state index in [0.29, 0.717) is 25.7 Å². The molecule has 32 heavy (non-hydrogen) atoms. The molecule has 1 aliphatic carbocycles. The van der Waals surface area contributed by atoms with E-state index in [2.05, 4.69) is 46.0 Å². The molecule has 1 saturated carbocycles. The summed E-state index contributed by atoms with van der Waals surface area (Å²) in [5.41, 5.74) is 2.26. The molecule has 2 aliphatic rings. The van der Waals surface area contributed by atoms with Crippen LogP contribution >= 0.6 is 0 Å². The first-order valence-electron chi connectivity index (χ1n) is 11.8. The van der Waals surface area contributed by atoms with Crippen molar-refractivity contribution in [3.63, 3.8) is 0 Å². The highest BCUT2D eigenvalue weighted by atomic mass is 16.5. The maximum absolute atomic E-state index is 6.16. The van der Waals surface area contributed by atoms with Gasteiger partial charge in [-0.1, -0.05) is 25.0 Å². The van der Waals surface area contributed by atoms with Crippen LogP contribution in [0.1, 0.15) is 61.3 Å². The van der Waals surface area contributed by atoms with Crippen LogP contribution in [0.25, 0.3) is 0 Å². The van der Waals surface area contributed by atoms with Crippen LogP contribution < -0.4 is 15.4 Å². The molecule has 0 amide bonds. The molecule has 2 N–H and O–H groups in total. The SMILES string of the molecule is Cc1ccc(CN=C(NCc2nnc(C)n2C)NC2CCCC2)c(OCC2CCCO2)c1. The number of nitrogens with one attached hydrogen (secondary N) is 2. The summed E-state index contributed by atoms with van der Waals surface area (Å²) in [7, 11) is 1.98. The van der Waals surface area contributed by atoms with Crippen molar-refractivity contribution < 1.29 is 9.47 Å². The zero-order chi connectivity index (χ0) is 22.3. The van der Waals surface area contributed by atoms with Gasteiger partial charge in [0.1, 0.15) is 18.2 Å². The Morgan fingerprint density at radius 3 is 2.75 bits per heavy atom. The van der Waals surface area contributed by atoms with Crippen LogP contribution in [-0.2, 0) is 24.9 Å². The molecule has 1 aliphatic heterocycles. The maximum Gasteiger partial charge on any atom is 0.192 e. The minimum absolute atomic E-state index is 0.197. The van der Waals surface area contributed by atoms with Gasteiger partial charge in [-0.2, -0.15) is 0 Å². The van der Waals surface area contributed by atoms with Gasteiger partial charge in [0.25, 0.3) is 0 Å². The minimum Gasteiger partial charge on any atom is -0.491 e. The van der Waals surface area contributed by atoms with Gasteiger partial charge in [-0.25, -0.2) is 4.99 Å². The highest BCUT2D eigenvalue weighted by Gasteiger charge is 2.18. The minimum atomic E-state index is 0.197. The van der Waals surface area contributed by atoms with Crippen LogP contribution in [-0.4, -0.2) is 46.1 Å². The van der Waals surface area contributed by atoms with E-state index in [-0.39, 0.29) is 6.10 Å². The quantitative estimate of drug-likeness (QED) is 0.484. The van der Waals surface area contributed by atoms with Gasteiger partial charge in [0.15, 0.2) is 11.8 Å². The van der Waals surface area contributed by atoms with Crippen LogP contribution in [0.4, 0.5) is 0 Å². The van der Waals surface area contributed by atoms with Gasteiger partial charge in [-0.15, -0.1) is 10.2 Å². The summed E-state index contributed by atoms with van der Waals surface area (Å²) in [6, 6.07) is 6.79. The fourth-order valence-corrected chi connectivity index (χ4v) is 4.23. The number of ether oxygens (including phenoxy) is 2. The van der Waals surface area contributed by atoms with Crippen LogP contribution in [0.3, 0.4) is 0 Å². The van der Waals surface area contributed by atoms with Crippen molar-refractivity contribution in [2.45, 2.75) is 77.6 Å². The summed E-state index contributed by atoms with van der Waals surface area (Å²) < 4.78 is 13.9. The number of rotatable bonds is 8. The van der Waals surface area contributed by atoms with E-state index in [0.717, 1.165) is 48.4 Å². The largest absolute Gasteiger partial charge is 0.491 e. The molecule has 0 bridgehead atoms. The molecular weight excluding hydrogens is 404 g/mol. The van der Waals surface area contributed by atoms with Crippen LogP contribution in [0.5, 0.6) is 5.75 Å². The second kappa shape index (κ2) is 10.8. The number of benzene rings is 1. The fraction of sp³-hybridized carbons (Fsp3) is 0.625. The van der Waals surface area contributed by atoms with E-state index in [4.69, 9.17) is 14.5 Å². The van der Waals surface area contributed by atoms with Crippen molar-refractivity contribution in [2.24, 2.45) is 12.0 Å². The Balaban J connectivity index is 1.44. The molecule has 1 atom stereocenters. The average Bonchev–Trinajstić information content (AvgIpc) is 3.55. The Hall–Kier alpha value is -2.61. The van der Waals surface area contributed by atoms with Crippen molar-refractivity contribution in [3.8, 4) is 5.75 Å². The first-order valence-corrected chi connectivity index (χ1v) is 11.8. The standard InChI is InChI=1S/C24H36N6O2/c1-17-10-11-19(22(13-17)32-16-21-9-6-12-31-21)14-25-24(27-20-7-4-5-8-20)26-15-23-29-28-18(2)30(23)3/h10-11,13,20-21H,4-9,12,14-16H2,1-3H3,(H2,25,26,27). The third-order valence-electron chi connectivity index (χ3n) is 6.37. The van der Waals surface area contributed by atoms with E-state index in [1.807, 2.05) is 18.5 Å². The third kappa shape index (κ3) is 6.00. The second-order valence-corrected chi connectivity index (χ2v) is 8.92. The van der Waals surface area contributed by atoms with Crippen molar-refractivity contribution in [3.05, 3.63) is 41.0 Å². The number of aryl methyl sites for hydroxylation is 2. The molecule has 4 rings (SSSR count). The van der Waals surface area contributed by atoms with E-state index >= 15 is 0 Å². The van der Waals surface area contributed by atoms with Crippen molar-refractivity contribution in [2.75, 3.05) is 13.2 Å². The number of guanidine groups is 1. The van der Waals surface area contributed by atoms with Gasteiger partial charge < -0.3 is 24.7 Å². The van der Waals surface area contributed by atoms with E-state index < -0.39 is 0 Å². The van der Waals surface area contributed by atoms with Gasteiger partial charge in [0.2, 0.25) is 0 Å². The monoisotopic (exact) mass is 440 g/mol. The van der Waals surface area contributed by atoms with Crippen molar-refractivity contribution in [1.29, 1.82) is 0 Å². The molecule has 2 fully saturated rings. The fourth-order valence-electron chi connectivity index (χ4n) is 4.23. The van der Waals surface area contributed by atoms with E-state index in [1.54, 1.807) is 0 Å². The molecule has 1 saturated heterocycles. The lowest BCUT2D eigenvalue weighted by Gasteiger charge is -2.18. The Morgan fingerprint density at radius 2 is 2.03 bits per heavy atom. The van der Waals surface area contributed by atoms with Crippen LogP contribution in [0.2, 0.25) is 0 Å². The molecule has 0 spiro atoms. The second-order valence-electron chi connectivity index (χ2n) is 8.92. The summed E-state index contributed by atoms with van der Waals surface area (Å²) in [6.45, 7) is 6.59. The van der Waals surface area contributed by atoms with Crippen molar-refractivity contribution >= 4 is 5.96 Å². The van der Waals surface area contributed by atoms with Crippen LogP contribution in [0, 0.1) is 13.8 Å². The molecule has 0 radical (unpaired) electrons. The maximum atomic E-state index is 6.16. The zero-order valence-corrected chi connectivity index (χ0v) is 19.6. The molecule has 2 aromatic rings. The third-order valence-corrected chi connectivity index (χ3v) is 6.37. The van der Waals surface area contributed by atoms with E-state index in [9.17, 15) is 0 Å². The number of aliphatic imine (C=N–C) groups is 1. The number of hydrogen-bond acceptors (Lipinski definition) is 5. The van der Waals surface area contributed by atoms with E-state index in [1.165, 1.54) is 31.2 Å². The molecule has 174 valence electrons. The summed E-state index contributed by atoms with van der Waals surface area (Å²) in [5.74, 6) is 3.49. The highest BCUT2D eigenvalue weighted by Crippen LogP contribution is 2.23. The predicted octanol–water partition coefficient (Wildman–Crippen LogP) is 3.17. The molecule has 8 heteroatoms. The Kier molecular flexibility index (Phi) is 7.63. The first kappa shape index (κ1) is 22.6. The average molecular weight is 441 g/mol. The van der Waals surface area contributed by atoms with Gasteiger partial charge in [-0.3, -0.25) is 0 Å². The van der Waals surface area contributed by atoms with Gasteiger partial charge in [0, 0.05) is 25.3 Å². The predicted molar refractivity (Wildman–Crippen MR) is 125 cm³/mol. The summed E-state index contributed by atoms with van der Waals surface area (Å²) >= 11 is 0. The van der Waals surface area contributed by atoms with Crippen LogP contribution in [0.15, 0.2) is 23.2 Å². The lowest BCUT2D eigenvalue weighted by molar-refractivity contribution is 0.0676. The zero-order valence-electron chi connectivity index (χ0n) is 19.6. The molecular formula is C24H36N6O2. The Labute approximate surface area is 190 Å². The lowest BCUT2D eigenvalue weighted by atomic mass is 10.1. The topological polar surface area (TPSA) is 85.6 Å². The van der Waals surface area contributed by atoms with Crippen molar-refractivity contribution in [1.82, 2.24) is 25.4 Å². The lowest BCUT2D eigenvalue weighted by Crippen LogP contribution is -2.42. The molecule has 1 aromatic heterocycles. The Bertz CT molecular complexity index is 913. The smallest absolute Gasteiger partial charge is 0.192 e. The molecule has 1 aromatic carbocycles. The van der Waals surface area contributed by atoms with Gasteiger partial charge in [0.05, 0.1) is 19.2 Å². The van der Waals surface area contributed by atoms with Gasteiger partial charge in [-0.05, 0) is 51.2 Å². The molecule has 2 heterocycles. The summed E-state index contributed by atoms with van der Waals surface area (Å²) in [4.78, 5) is 4.90. The highest BCUT2D eigenvalue weighted by molar-refractivity contribution is 5.80. The number of aromatic nitrogens is 3. The number of nitrogens with zero attached hydrogens (tertiary/aromatic N) is 4. The normalized spacial score (nSPS) is 19.5. The summed E-state index contributed by atoms with van der Waals surface area (Å²) in [6.07, 6.45) is 7.29.